The Morgan fingerprint density at radius 2 is 1.79 bits per heavy atom. The number of aliphatic imine (C=N–C) groups is 1. The lowest BCUT2D eigenvalue weighted by molar-refractivity contribution is -0.119. The Labute approximate surface area is 190 Å². The van der Waals surface area contributed by atoms with Crippen LogP contribution in [-0.4, -0.2) is 38.1 Å². The van der Waals surface area contributed by atoms with E-state index in [2.05, 4.69) is 48.7 Å². The zero-order valence-electron chi connectivity index (χ0n) is 17.1. The van der Waals surface area contributed by atoms with Crippen molar-refractivity contribution in [2.24, 2.45) is 10.7 Å². The second kappa shape index (κ2) is 13.8. The number of halogens is 1. The molecule has 2 aromatic rings. The summed E-state index contributed by atoms with van der Waals surface area (Å²) in [6, 6.07) is 18.1. The Kier molecular flexibility index (Phi) is 11.8. The van der Waals surface area contributed by atoms with Gasteiger partial charge in [0.05, 0.1) is 0 Å². The normalized spacial score (nSPS) is 11.9. The largest absolute Gasteiger partial charge is 0.484 e. The van der Waals surface area contributed by atoms with Crippen LogP contribution in [0.1, 0.15) is 30.9 Å². The van der Waals surface area contributed by atoms with E-state index in [1.54, 1.807) is 0 Å². The molecule has 0 aliphatic rings. The number of nitrogens with zero attached hydrogens (tertiary/aromatic N) is 1. The predicted molar refractivity (Wildman–Crippen MR) is 129 cm³/mol. The minimum atomic E-state index is -0.481. The van der Waals surface area contributed by atoms with E-state index < -0.39 is 5.91 Å². The smallest absolute Gasteiger partial charge is 0.255 e. The molecule has 0 fully saturated rings. The second-order valence-electron chi connectivity index (χ2n) is 6.61. The van der Waals surface area contributed by atoms with E-state index in [1.807, 2.05) is 30.3 Å². The summed E-state index contributed by atoms with van der Waals surface area (Å²) >= 11 is 0. The van der Waals surface area contributed by atoms with Gasteiger partial charge in [-0.3, -0.25) is 9.79 Å². The van der Waals surface area contributed by atoms with Gasteiger partial charge in [0.25, 0.3) is 5.91 Å². The Morgan fingerprint density at radius 3 is 2.41 bits per heavy atom. The molecule has 2 aromatic carbocycles. The van der Waals surface area contributed by atoms with Gasteiger partial charge >= 0.3 is 0 Å². The third kappa shape index (κ3) is 9.65. The number of nitrogens with one attached hydrogen (secondary N) is 2. The lowest BCUT2D eigenvalue weighted by Crippen LogP contribution is -2.38. The summed E-state index contributed by atoms with van der Waals surface area (Å²) in [6.07, 6.45) is 0.856. The molecule has 0 saturated heterocycles. The van der Waals surface area contributed by atoms with Gasteiger partial charge in [0, 0.05) is 25.6 Å². The molecule has 0 heterocycles. The van der Waals surface area contributed by atoms with E-state index in [0.717, 1.165) is 32.0 Å². The van der Waals surface area contributed by atoms with Gasteiger partial charge in [-0.2, -0.15) is 0 Å². The van der Waals surface area contributed by atoms with Crippen LogP contribution in [0.4, 0.5) is 0 Å². The summed E-state index contributed by atoms with van der Waals surface area (Å²) in [5.41, 5.74) is 7.54. The van der Waals surface area contributed by atoms with Crippen LogP contribution in [0.2, 0.25) is 0 Å². The van der Waals surface area contributed by atoms with Crippen LogP contribution >= 0.6 is 24.0 Å². The van der Waals surface area contributed by atoms with Crippen molar-refractivity contribution >= 4 is 35.8 Å². The summed E-state index contributed by atoms with van der Waals surface area (Å²) in [6.45, 7) is 6.45. The first-order valence-electron chi connectivity index (χ1n) is 9.65. The molecule has 7 heteroatoms. The third-order valence-electron chi connectivity index (χ3n) is 4.25. The van der Waals surface area contributed by atoms with Crippen LogP contribution in [0.5, 0.6) is 5.75 Å². The van der Waals surface area contributed by atoms with Gasteiger partial charge in [-0.05, 0) is 36.6 Å². The van der Waals surface area contributed by atoms with E-state index in [-0.39, 0.29) is 30.6 Å². The first-order valence-corrected chi connectivity index (χ1v) is 9.65. The summed E-state index contributed by atoms with van der Waals surface area (Å²) in [7, 11) is 0. The monoisotopic (exact) mass is 510 g/mol. The zero-order valence-corrected chi connectivity index (χ0v) is 19.4. The second-order valence-corrected chi connectivity index (χ2v) is 6.61. The highest BCUT2D eigenvalue weighted by Crippen LogP contribution is 2.14. The predicted octanol–water partition coefficient (Wildman–Crippen LogP) is 3.07. The quantitative estimate of drug-likeness (QED) is 0.261. The van der Waals surface area contributed by atoms with Crippen LogP contribution in [0.3, 0.4) is 0 Å². The van der Waals surface area contributed by atoms with Crippen molar-refractivity contribution in [3.8, 4) is 5.75 Å². The SMILES string of the molecule is CCNC(=NCC(C)c1ccccc1)NCCc1ccc(OCC(N)=O)cc1.I. The molecule has 0 aromatic heterocycles. The number of benzene rings is 2. The molecule has 1 atom stereocenters. The van der Waals surface area contributed by atoms with Gasteiger partial charge in [-0.25, -0.2) is 0 Å². The average Bonchev–Trinajstić information content (AvgIpc) is 2.71. The zero-order chi connectivity index (χ0) is 20.2. The number of amides is 1. The van der Waals surface area contributed by atoms with E-state index in [1.165, 1.54) is 11.1 Å². The van der Waals surface area contributed by atoms with Crippen molar-refractivity contribution < 1.29 is 9.53 Å². The number of hydrogen-bond donors (Lipinski definition) is 3. The van der Waals surface area contributed by atoms with Crippen LogP contribution in [0, 0.1) is 0 Å². The number of carbonyl (C=O) groups excluding carboxylic acids is 1. The maximum Gasteiger partial charge on any atom is 0.255 e. The molecule has 2 rings (SSSR count). The summed E-state index contributed by atoms with van der Waals surface area (Å²) in [4.78, 5) is 15.5. The molecule has 6 nitrogen and oxygen atoms in total. The molecule has 0 aliphatic heterocycles. The number of guanidine groups is 1. The third-order valence-corrected chi connectivity index (χ3v) is 4.25. The fourth-order valence-corrected chi connectivity index (χ4v) is 2.69. The molecule has 0 bridgehead atoms. The van der Waals surface area contributed by atoms with Gasteiger partial charge < -0.3 is 21.1 Å². The van der Waals surface area contributed by atoms with Crippen LogP contribution in [0.25, 0.3) is 0 Å². The molecule has 0 spiro atoms. The van der Waals surface area contributed by atoms with E-state index >= 15 is 0 Å². The van der Waals surface area contributed by atoms with Gasteiger partial charge in [-0.1, -0.05) is 49.4 Å². The van der Waals surface area contributed by atoms with E-state index in [4.69, 9.17) is 15.5 Å². The minimum absolute atomic E-state index is 0. The average molecular weight is 510 g/mol. The van der Waals surface area contributed by atoms with Crippen LogP contribution < -0.4 is 21.1 Å². The Hall–Kier alpha value is -2.29. The molecule has 29 heavy (non-hydrogen) atoms. The Morgan fingerprint density at radius 1 is 1.10 bits per heavy atom. The standard InChI is InChI=1S/C22H30N4O2.HI/c1-3-24-22(26-15-17(2)19-7-5-4-6-8-19)25-14-13-18-9-11-20(12-10-18)28-16-21(23)27;/h4-12,17H,3,13-16H2,1-2H3,(H2,23,27)(H2,24,25,26);1H. The van der Waals surface area contributed by atoms with Gasteiger partial charge in [0.1, 0.15) is 5.75 Å². The van der Waals surface area contributed by atoms with Crippen molar-refractivity contribution in [3.05, 3.63) is 65.7 Å². The van der Waals surface area contributed by atoms with Gasteiger partial charge in [-0.15, -0.1) is 24.0 Å². The summed E-state index contributed by atoms with van der Waals surface area (Å²) in [5.74, 6) is 1.35. The Bertz CT molecular complexity index is 751. The van der Waals surface area contributed by atoms with Crippen molar-refractivity contribution in [2.75, 3.05) is 26.2 Å². The first-order chi connectivity index (χ1) is 13.6. The highest BCUT2D eigenvalue weighted by molar-refractivity contribution is 14.0. The molecule has 4 N–H and O–H groups in total. The number of rotatable bonds is 10. The molecule has 0 saturated carbocycles. The topological polar surface area (TPSA) is 88.7 Å². The van der Waals surface area contributed by atoms with Crippen molar-refractivity contribution in [3.63, 3.8) is 0 Å². The minimum Gasteiger partial charge on any atom is -0.484 e. The highest BCUT2D eigenvalue weighted by atomic mass is 127. The first kappa shape index (κ1) is 24.7. The molecule has 0 radical (unpaired) electrons. The number of ether oxygens (including phenoxy) is 1. The number of carbonyl (C=O) groups is 1. The number of nitrogens with two attached hydrogens (primary N) is 1. The molecule has 1 unspecified atom stereocenters. The van der Waals surface area contributed by atoms with Gasteiger partial charge in [0.15, 0.2) is 12.6 Å². The molecule has 0 aliphatic carbocycles. The number of hydrogen-bond acceptors (Lipinski definition) is 3. The van der Waals surface area contributed by atoms with Gasteiger partial charge in [0.2, 0.25) is 0 Å². The fraction of sp³-hybridized carbons (Fsp3) is 0.364. The maximum atomic E-state index is 10.7. The summed E-state index contributed by atoms with van der Waals surface area (Å²) < 4.78 is 5.27. The lowest BCUT2D eigenvalue weighted by atomic mass is 10.0. The molecular formula is C22H31IN4O2. The molecule has 158 valence electrons. The number of primary amides is 1. The van der Waals surface area contributed by atoms with Crippen molar-refractivity contribution in [2.45, 2.75) is 26.2 Å². The van der Waals surface area contributed by atoms with E-state index in [0.29, 0.717) is 11.7 Å². The highest BCUT2D eigenvalue weighted by Gasteiger charge is 2.05. The molecule has 1 amide bonds. The Balaban J connectivity index is 0.00000420. The maximum absolute atomic E-state index is 10.7. The van der Waals surface area contributed by atoms with Crippen molar-refractivity contribution in [1.29, 1.82) is 0 Å². The van der Waals surface area contributed by atoms with E-state index in [9.17, 15) is 4.79 Å². The van der Waals surface area contributed by atoms with Crippen molar-refractivity contribution in [1.82, 2.24) is 10.6 Å². The van der Waals surface area contributed by atoms with Crippen LogP contribution in [-0.2, 0) is 11.2 Å². The fourth-order valence-electron chi connectivity index (χ4n) is 2.69. The lowest BCUT2D eigenvalue weighted by Gasteiger charge is -2.14. The van der Waals surface area contributed by atoms with Crippen LogP contribution in [0.15, 0.2) is 59.6 Å². The summed E-state index contributed by atoms with van der Waals surface area (Å²) in [5, 5.41) is 6.66. The molecular weight excluding hydrogens is 479 g/mol.